The maximum atomic E-state index is 12.4. The van der Waals surface area contributed by atoms with E-state index in [4.69, 9.17) is 5.73 Å². The Kier molecular flexibility index (Phi) is 4.91. The minimum Gasteiger partial charge on any atom is -0.342 e. The number of benzene rings is 1. The van der Waals surface area contributed by atoms with Gasteiger partial charge in [0.05, 0.1) is 0 Å². The molecule has 3 nitrogen and oxygen atoms in total. The van der Waals surface area contributed by atoms with E-state index >= 15 is 0 Å². The average Bonchev–Trinajstić information content (AvgIpc) is 2.24. The molecule has 0 heterocycles. The highest BCUT2D eigenvalue weighted by Crippen LogP contribution is 2.18. The fourth-order valence-electron chi connectivity index (χ4n) is 2.21. The molecular formula is C15H24N2O. The van der Waals surface area contributed by atoms with Gasteiger partial charge in [-0.25, -0.2) is 0 Å². The van der Waals surface area contributed by atoms with Crippen LogP contribution in [0.1, 0.15) is 40.4 Å². The predicted molar refractivity (Wildman–Crippen MR) is 75.9 cm³/mol. The normalized spacial score (nSPS) is 12.3. The first kappa shape index (κ1) is 14.7. The summed E-state index contributed by atoms with van der Waals surface area (Å²) >= 11 is 0. The molecule has 0 saturated heterocycles. The van der Waals surface area contributed by atoms with E-state index in [9.17, 15) is 4.79 Å². The molecule has 100 valence electrons. The third-order valence-corrected chi connectivity index (χ3v) is 3.16. The minimum absolute atomic E-state index is 0.0886. The van der Waals surface area contributed by atoms with Gasteiger partial charge in [-0.15, -0.1) is 0 Å². The largest absolute Gasteiger partial charge is 0.342 e. The Morgan fingerprint density at radius 1 is 1.28 bits per heavy atom. The third kappa shape index (κ3) is 3.57. The van der Waals surface area contributed by atoms with Gasteiger partial charge in [-0.2, -0.15) is 0 Å². The van der Waals surface area contributed by atoms with Gasteiger partial charge in [-0.3, -0.25) is 4.79 Å². The first-order valence-corrected chi connectivity index (χ1v) is 6.41. The predicted octanol–water partition coefficient (Wildman–Crippen LogP) is 2.42. The quantitative estimate of drug-likeness (QED) is 0.889. The topological polar surface area (TPSA) is 46.3 Å². The molecule has 1 amide bonds. The fourth-order valence-corrected chi connectivity index (χ4v) is 2.21. The molecule has 0 radical (unpaired) electrons. The highest BCUT2D eigenvalue weighted by Gasteiger charge is 2.16. The number of amides is 1. The maximum Gasteiger partial charge on any atom is 0.254 e. The van der Waals surface area contributed by atoms with Crippen molar-refractivity contribution < 1.29 is 4.79 Å². The van der Waals surface area contributed by atoms with Crippen molar-refractivity contribution in [3.63, 3.8) is 0 Å². The van der Waals surface area contributed by atoms with E-state index in [0.29, 0.717) is 6.54 Å². The molecule has 0 bridgehead atoms. The highest BCUT2D eigenvalue weighted by atomic mass is 16.2. The SMILES string of the molecule is Cc1cc(C)c(C(=O)N(C)CCC(C)N)c(C)c1. The molecule has 0 saturated carbocycles. The van der Waals surface area contributed by atoms with Crippen molar-refractivity contribution in [2.75, 3.05) is 13.6 Å². The van der Waals surface area contributed by atoms with Gasteiger partial charge >= 0.3 is 0 Å². The van der Waals surface area contributed by atoms with Crippen LogP contribution in [0.25, 0.3) is 0 Å². The number of rotatable bonds is 4. The summed E-state index contributed by atoms with van der Waals surface area (Å²) in [6.07, 6.45) is 0.826. The average molecular weight is 248 g/mol. The summed E-state index contributed by atoms with van der Waals surface area (Å²) in [5, 5.41) is 0. The van der Waals surface area contributed by atoms with Crippen LogP contribution in [0.3, 0.4) is 0 Å². The zero-order valence-corrected chi connectivity index (χ0v) is 12.1. The second-order valence-corrected chi connectivity index (χ2v) is 5.27. The van der Waals surface area contributed by atoms with E-state index < -0.39 is 0 Å². The molecule has 1 rings (SSSR count). The molecule has 1 atom stereocenters. The summed E-state index contributed by atoms with van der Waals surface area (Å²) in [5.41, 5.74) is 9.83. The summed E-state index contributed by atoms with van der Waals surface area (Å²) in [4.78, 5) is 14.2. The molecule has 18 heavy (non-hydrogen) atoms. The van der Waals surface area contributed by atoms with Crippen molar-refractivity contribution in [3.8, 4) is 0 Å². The summed E-state index contributed by atoms with van der Waals surface area (Å²) in [6, 6.07) is 4.24. The zero-order chi connectivity index (χ0) is 13.9. The van der Waals surface area contributed by atoms with Crippen molar-refractivity contribution in [3.05, 3.63) is 34.4 Å². The Balaban J connectivity index is 2.90. The standard InChI is InChI=1S/C15H24N2O/c1-10-8-11(2)14(12(3)9-10)15(18)17(5)7-6-13(4)16/h8-9,13H,6-7,16H2,1-5H3. The van der Waals surface area contributed by atoms with Gasteiger partial charge in [0.1, 0.15) is 0 Å². The van der Waals surface area contributed by atoms with E-state index in [1.165, 1.54) is 5.56 Å². The van der Waals surface area contributed by atoms with Crippen LogP contribution in [-0.4, -0.2) is 30.4 Å². The van der Waals surface area contributed by atoms with Crippen LogP contribution in [0.5, 0.6) is 0 Å². The molecule has 3 heteroatoms. The molecule has 0 spiro atoms. The van der Waals surface area contributed by atoms with E-state index in [0.717, 1.165) is 23.1 Å². The lowest BCUT2D eigenvalue weighted by molar-refractivity contribution is 0.0790. The Hall–Kier alpha value is -1.35. The Morgan fingerprint density at radius 2 is 1.78 bits per heavy atom. The Bertz CT molecular complexity index is 415. The zero-order valence-electron chi connectivity index (χ0n) is 12.1. The number of nitrogens with two attached hydrogens (primary N) is 1. The minimum atomic E-state index is 0.0886. The maximum absolute atomic E-state index is 12.4. The van der Waals surface area contributed by atoms with E-state index in [1.54, 1.807) is 4.90 Å². The molecule has 2 N–H and O–H groups in total. The monoisotopic (exact) mass is 248 g/mol. The van der Waals surface area contributed by atoms with Gasteiger partial charge in [0.2, 0.25) is 0 Å². The van der Waals surface area contributed by atoms with Gasteiger partial charge < -0.3 is 10.6 Å². The smallest absolute Gasteiger partial charge is 0.254 e. The third-order valence-electron chi connectivity index (χ3n) is 3.16. The van der Waals surface area contributed by atoms with Crippen molar-refractivity contribution in [1.82, 2.24) is 4.90 Å². The molecule has 0 aliphatic rings. The van der Waals surface area contributed by atoms with E-state index in [2.05, 4.69) is 12.1 Å². The number of hydrogen-bond donors (Lipinski definition) is 1. The second-order valence-electron chi connectivity index (χ2n) is 5.27. The molecule has 0 aromatic heterocycles. The van der Waals surface area contributed by atoms with Gasteiger partial charge in [-0.05, 0) is 45.2 Å². The molecule has 0 fully saturated rings. The molecule has 0 aliphatic heterocycles. The highest BCUT2D eigenvalue weighted by molar-refractivity contribution is 5.97. The summed E-state index contributed by atoms with van der Waals surface area (Å²) in [6.45, 7) is 8.69. The number of carbonyl (C=O) groups is 1. The van der Waals surface area contributed by atoms with Crippen molar-refractivity contribution in [1.29, 1.82) is 0 Å². The number of nitrogens with zero attached hydrogens (tertiary/aromatic N) is 1. The lowest BCUT2D eigenvalue weighted by atomic mass is 9.99. The Morgan fingerprint density at radius 3 is 2.22 bits per heavy atom. The van der Waals surface area contributed by atoms with Crippen LogP contribution in [0, 0.1) is 20.8 Å². The van der Waals surface area contributed by atoms with Gasteiger partial charge in [0.15, 0.2) is 0 Å². The number of hydrogen-bond acceptors (Lipinski definition) is 2. The number of carbonyl (C=O) groups excluding carboxylic acids is 1. The lowest BCUT2D eigenvalue weighted by Gasteiger charge is -2.21. The van der Waals surface area contributed by atoms with Crippen molar-refractivity contribution in [2.24, 2.45) is 5.73 Å². The fraction of sp³-hybridized carbons (Fsp3) is 0.533. The first-order valence-electron chi connectivity index (χ1n) is 6.41. The van der Waals surface area contributed by atoms with Crippen LogP contribution in [0.15, 0.2) is 12.1 Å². The van der Waals surface area contributed by atoms with Crippen LogP contribution in [0.2, 0.25) is 0 Å². The van der Waals surface area contributed by atoms with Crippen LogP contribution >= 0.6 is 0 Å². The van der Waals surface area contributed by atoms with Crippen LogP contribution in [0.4, 0.5) is 0 Å². The molecule has 1 unspecified atom stereocenters. The molecular weight excluding hydrogens is 224 g/mol. The van der Waals surface area contributed by atoms with Crippen LogP contribution in [-0.2, 0) is 0 Å². The van der Waals surface area contributed by atoms with Crippen LogP contribution < -0.4 is 5.73 Å². The Labute approximate surface area is 110 Å². The molecule has 1 aromatic rings. The van der Waals surface area contributed by atoms with Crippen molar-refractivity contribution in [2.45, 2.75) is 40.2 Å². The molecule has 0 aliphatic carbocycles. The number of aryl methyl sites for hydroxylation is 3. The first-order chi connectivity index (χ1) is 8.32. The van der Waals surface area contributed by atoms with Gasteiger partial charge in [0.25, 0.3) is 5.91 Å². The van der Waals surface area contributed by atoms with Gasteiger partial charge in [-0.1, -0.05) is 17.7 Å². The summed E-state index contributed by atoms with van der Waals surface area (Å²) in [7, 11) is 1.84. The summed E-state index contributed by atoms with van der Waals surface area (Å²) < 4.78 is 0. The lowest BCUT2D eigenvalue weighted by Crippen LogP contribution is -2.32. The summed E-state index contributed by atoms with van der Waals surface area (Å²) in [5.74, 6) is 0.0886. The second kappa shape index (κ2) is 6.01. The van der Waals surface area contributed by atoms with Gasteiger partial charge in [0, 0.05) is 25.2 Å². The van der Waals surface area contributed by atoms with E-state index in [1.807, 2.05) is 34.7 Å². The van der Waals surface area contributed by atoms with Crippen molar-refractivity contribution >= 4 is 5.91 Å². The molecule has 1 aromatic carbocycles. The van der Waals surface area contributed by atoms with E-state index in [-0.39, 0.29) is 11.9 Å².